The summed E-state index contributed by atoms with van der Waals surface area (Å²) >= 11 is 0. The fourth-order valence-electron chi connectivity index (χ4n) is 3.06. The van der Waals surface area contributed by atoms with Crippen LogP contribution in [0.15, 0.2) is 54.6 Å². The number of rotatable bonds is 3. The number of fused-ring (bicyclic) bond motifs is 1. The molecular formula is C19H21NO. The van der Waals surface area contributed by atoms with Gasteiger partial charge in [0.25, 0.3) is 0 Å². The Bertz CT molecular complexity index is 620. The number of hydrogen-bond donors (Lipinski definition) is 0. The Kier molecular flexibility index (Phi) is 4.05. The molecule has 3 rings (SSSR count). The number of aryl methyl sites for hydroxylation is 1. The van der Waals surface area contributed by atoms with E-state index in [1.165, 1.54) is 11.1 Å². The zero-order valence-corrected chi connectivity index (χ0v) is 12.5. The summed E-state index contributed by atoms with van der Waals surface area (Å²) in [5.74, 6) is 0.492. The van der Waals surface area contributed by atoms with Crippen LogP contribution in [0.3, 0.4) is 0 Å². The number of carbonyl (C=O) groups is 1. The van der Waals surface area contributed by atoms with E-state index in [4.69, 9.17) is 0 Å². The maximum Gasteiger partial charge on any atom is 0.227 e. The molecule has 2 heteroatoms. The van der Waals surface area contributed by atoms with Crippen LogP contribution in [0, 0.1) is 0 Å². The summed E-state index contributed by atoms with van der Waals surface area (Å²) < 4.78 is 0. The van der Waals surface area contributed by atoms with Crippen LogP contribution in [0.1, 0.15) is 36.8 Å². The lowest BCUT2D eigenvalue weighted by Gasteiger charge is -2.30. The molecule has 2 nitrogen and oxygen atoms in total. The SMILES string of the molecule is C[C@@H](CC(=O)N1CCCc2ccccc21)c1ccccc1. The highest BCUT2D eigenvalue weighted by molar-refractivity contribution is 5.95. The molecule has 0 spiro atoms. The number of para-hydroxylation sites is 1. The van der Waals surface area contributed by atoms with Crippen molar-refractivity contribution < 1.29 is 4.79 Å². The van der Waals surface area contributed by atoms with Gasteiger partial charge in [0.2, 0.25) is 5.91 Å². The molecule has 2 aromatic rings. The average Bonchev–Trinajstić information content (AvgIpc) is 2.55. The Morgan fingerprint density at radius 1 is 1.10 bits per heavy atom. The second-order valence-corrected chi connectivity index (χ2v) is 5.79. The molecule has 108 valence electrons. The van der Waals surface area contributed by atoms with Crippen molar-refractivity contribution in [1.29, 1.82) is 0 Å². The summed E-state index contributed by atoms with van der Waals surface area (Å²) in [5.41, 5.74) is 3.63. The van der Waals surface area contributed by atoms with E-state index < -0.39 is 0 Å². The van der Waals surface area contributed by atoms with Crippen LogP contribution < -0.4 is 4.90 Å². The fourth-order valence-corrected chi connectivity index (χ4v) is 3.06. The van der Waals surface area contributed by atoms with Gasteiger partial charge in [-0.2, -0.15) is 0 Å². The minimum Gasteiger partial charge on any atom is -0.312 e. The quantitative estimate of drug-likeness (QED) is 0.826. The molecule has 0 fully saturated rings. The predicted molar refractivity (Wildman–Crippen MR) is 86.6 cm³/mol. The van der Waals surface area contributed by atoms with Crippen molar-refractivity contribution in [2.45, 2.75) is 32.1 Å². The van der Waals surface area contributed by atoms with E-state index in [2.05, 4.69) is 37.3 Å². The molecule has 2 aromatic carbocycles. The molecule has 0 unspecified atom stereocenters. The third-order valence-corrected chi connectivity index (χ3v) is 4.26. The van der Waals surface area contributed by atoms with E-state index in [1.54, 1.807) is 0 Å². The summed E-state index contributed by atoms with van der Waals surface area (Å²) in [7, 11) is 0. The highest BCUT2D eigenvalue weighted by atomic mass is 16.2. The summed E-state index contributed by atoms with van der Waals surface area (Å²) in [4.78, 5) is 14.6. The Hall–Kier alpha value is -2.09. The molecule has 1 heterocycles. The molecule has 0 radical (unpaired) electrons. The maximum atomic E-state index is 12.7. The van der Waals surface area contributed by atoms with Crippen molar-refractivity contribution in [1.82, 2.24) is 0 Å². The molecule has 1 atom stereocenters. The smallest absolute Gasteiger partial charge is 0.227 e. The second kappa shape index (κ2) is 6.13. The van der Waals surface area contributed by atoms with Gasteiger partial charge in [0.05, 0.1) is 0 Å². The van der Waals surface area contributed by atoms with Gasteiger partial charge in [0.1, 0.15) is 0 Å². The highest BCUT2D eigenvalue weighted by Gasteiger charge is 2.23. The molecule has 0 saturated carbocycles. The van der Waals surface area contributed by atoms with Crippen LogP contribution >= 0.6 is 0 Å². The lowest BCUT2D eigenvalue weighted by Crippen LogP contribution is -2.36. The summed E-state index contributed by atoms with van der Waals surface area (Å²) in [6, 6.07) is 18.6. The molecule has 1 amide bonds. The zero-order valence-electron chi connectivity index (χ0n) is 12.5. The van der Waals surface area contributed by atoms with Gasteiger partial charge in [0, 0.05) is 18.7 Å². The number of hydrogen-bond acceptors (Lipinski definition) is 1. The molecule has 21 heavy (non-hydrogen) atoms. The maximum absolute atomic E-state index is 12.7. The first-order valence-corrected chi connectivity index (χ1v) is 7.69. The van der Waals surface area contributed by atoms with E-state index in [0.717, 1.165) is 25.1 Å². The predicted octanol–water partition coefficient (Wildman–Crippen LogP) is 4.16. The second-order valence-electron chi connectivity index (χ2n) is 5.79. The third kappa shape index (κ3) is 2.99. The van der Waals surface area contributed by atoms with Gasteiger partial charge in [-0.3, -0.25) is 4.79 Å². The van der Waals surface area contributed by atoms with Crippen LogP contribution in [-0.4, -0.2) is 12.5 Å². The van der Waals surface area contributed by atoms with Crippen molar-refractivity contribution in [3.63, 3.8) is 0 Å². The van der Waals surface area contributed by atoms with Crippen LogP contribution in [0.2, 0.25) is 0 Å². The minimum absolute atomic E-state index is 0.235. The average molecular weight is 279 g/mol. The topological polar surface area (TPSA) is 20.3 Å². The first-order valence-electron chi connectivity index (χ1n) is 7.69. The van der Waals surface area contributed by atoms with Gasteiger partial charge in [-0.1, -0.05) is 55.5 Å². The van der Waals surface area contributed by atoms with Crippen LogP contribution in [-0.2, 0) is 11.2 Å². The van der Waals surface area contributed by atoms with E-state index in [-0.39, 0.29) is 11.8 Å². The van der Waals surface area contributed by atoms with Crippen LogP contribution in [0.25, 0.3) is 0 Å². The first kappa shape index (κ1) is 13.9. The number of nitrogens with zero attached hydrogens (tertiary/aromatic N) is 1. The van der Waals surface area contributed by atoms with Gasteiger partial charge in [-0.25, -0.2) is 0 Å². The molecule has 1 aliphatic rings. The number of anilines is 1. The van der Waals surface area contributed by atoms with Crippen LogP contribution in [0.5, 0.6) is 0 Å². The van der Waals surface area contributed by atoms with Gasteiger partial charge in [-0.15, -0.1) is 0 Å². The van der Waals surface area contributed by atoms with Gasteiger partial charge in [-0.05, 0) is 36.0 Å². The lowest BCUT2D eigenvalue weighted by atomic mass is 9.95. The van der Waals surface area contributed by atoms with E-state index in [9.17, 15) is 4.79 Å². The first-order chi connectivity index (χ1) is 10.3. The van der Waals surface area contributed by atoms with Crippen molar-refractivity contribution in [2.75, 3.05) is 11.4 Å². The standard InChI is InChI=1S/C19H21NO/c1-15(16-8-3-2-4-9-16)14-19(21)20-13-7-11-17-10-5-6-12-18(17)20/h2-6,8-10,12,15H,7,11,13-14H2,1H3/t15-/m0/s1. The Morgan fingerprint density at radius 2 is 1.81 bits per heavy atom. The monoisotopic (exact) mass is 279 g/mol. The van der Waals surface area contributed by atoms with Crippen molar-refractivity contribution in [3.05, 3.63) is 65.7 Å². The van der Waals surface area contributed by atoms with Gasteiger partial charge in [0.15, 0.2) is 0 Å². The Labute approximate surface area is 126 Å². The molecular weight excluding hydrogens is 258 g/mol. The molecule has 0 saturated heterocycles. The third-order valence-electron chi connectivity index (χ3n) is 4.26. The van der Waals surface area contributed by atoms with E-state index in [0.29, 0.717) is 6.42 Å². The van der Waals surface area contributed by atoms with Gasteiger partial charge >= 0.3 is 0 Å². The van der Waals surface area contributed by atoms with Crippen LogP contribution in [0.4, 0.5) is 5.69 Å². The highest BCUT2D eigenvalue weighted by Crippen LogP contribution is 2.29. The summed E-state index contributed by atoms with van der Waals surface area (Å²) in [6.07, 6.45) is 2.70. The van der Waals surface area contributed by atoms with Gasteiger partial charge < -0.3 is 4.90 Å². The van der Waals surface area contributed by atoms with E-state index in [1.807, 2.05) is 29.2 Å². The molecule has 1 aliphatic heterocycles. The van der Waals surface area contributed by atoms with Crippen molar-refractivity contribution >= 4 is 11.6 Å². The van der Waals surface area contributed by atoms with Crippen molar-refractivity contribution in [3.8, 4) is 0 Å². The zero-order chi connectivity index (χ0) is 14.7. The Balaban J connectivity index is 1.75. The number of amides is 1. The largest absolute Gasteiger partial charge is 0.312 e. The van der Waals surface area contributed by atoms with E-state index >= 15 is 0 Å². The Morgan fingerprint density at radius 3 is 2.62 bits per heavy atom. The minimum atomic E-state index is 0.235. The molecule has 0 N–H and O–H groups in total. The van der Waals surface area contributed by atoms with Crippen molar-refractivity contribution in [2.24, 2.45) is 0 Å². The number of carbonyl (C=O) groups excluding carboxylic acids is 1. The molecule has 0 bridgehead atoms. The molecule has 0 aliphatic carbocycles. The normalized spacial score (nSPS) is 15.4. The molecule has 0 aromatic heterocycles. The summed E-state index contributed by atoms with van der Waals surface area (Å²) in [5, 5.41) is 0. The summed E-state index contributed by atoms with van der Waals surface area (Å²) in [6.45, 7) is 2.97. The number of benzene rings is 2. The lowest BCUT2D eigenvalue weighted by molar-refractivity contribution is -0.119. The fraction of sp³-hybridized carbons (Fsp3) is 0.316.